The van der Waals surface area contributed by atoms with Crippen LogP contribution in [0.2, 0.25) is 0 Å². The van der Waals surface area contributed by atoms with E-state index in [1.165, 1.54) is 56.5 Å². The molecule has 3 nitrogen and oxygen atoms in total. The minimum atomic E-state index is 0.894. The molecule has 88 valence electrons. The summed E-state index contributed by atoms with van der Waals surface area (Å²) in [6.45, 7) is 2.20. The molecule has 1 aromatic rings. The maximum absolute atomic E-state index is 4.70. The molecule has 0 bridgehead atoms. The Morgan fingerprint density at radius 2 is 2.12 bits per heavy atom. The third kappa shape index (κ3) is 2.08. The second-order valence-corrected chi connectivity index (χ2v) is 5.23. The SMILES string of the molecule is c1c(CC2CCCCC2)nn2c1NCCC2. The first-order chi connectivity index (χ1) is 7.92. The number of aryl methyl sites for hydroxylation is 1. The van der Waals surface area contributed by atoms with Gasteiger partial charge in [-0.2, -0.15) is 5.10 Å². The number of aromatic nitrogens is 2. The number of hydrogen-bond acceptors (Lipinski definition) is 2. The van der Waals surface area contributed by atoms with Crippen LogP contribution in [0.25, 0.3) is 0 Å². The van der Waals surface area contributed by atoms with Gasteiger partial charge in [-0.15, -0.1) is 0 Å². The third-order valence-corrected chi connectivity index (χ3v) is 3.91. The number of rotatable bonds is 2. The lowest BCUT2D eigenvalue weighted by molar-refractivity contribution is 0.353. The summed E-state index contributed by atoms with van der Waals surface area (Å²) in [5, 5.41) is 8.12. The zero-order valence-corrected chi connectivity index (χ0v) is 9.91. The zero-order chi connectivity index (χ0) is 10.8. The predicted molar refractivity (Wildman–Crippen MR) is 65.6 cm³/mol. The van der Waals surface area contributed by atoms with Gasteiger partial charge < -0.3 is 5.32 Å². The van der Waals surface area contributed by atoms with Crippen LogP contribution in [0, 0.1) is 5.92 Å². The van der Waals surface area contributed by atoms with Crippen molar-refractivity contribution in [1.29, 1.82) is 0 Å². The van der Waals surface area contributed by atoms with Crippen molar-refractivity contribution in [3.05, 3.63) is 11.8 Å². The molecule has 0 amide bonds. The first kappa shape index (κ1) is 10.2. The van der Waals surface area contributed by atoms with E-state index in [2.05, 4.69) is 16.1 Å². The van der Waals surface area contributed by atoms with Gasteiger partial charge in [0.25, 0.3) is 0 Å². The van der Waals surface area contributed by atoms with Gasteiger partial charge in [-0.1, -0.05) is 32.1 Å². The molecule has 0 atom stereocenters. The number of nitrogens with one attached hydrogen (secondary N) is 1. The van der Waals surface area contributed by atoms with Crippen LogP contribution in [0.3, 0.4) is 0 Å². The van der Waals surface area contributed by atoms with Gasteiger partial charge >= 0.3 is 0 Å². The maximum atomic E-state index is 4.70. The van der Waals surface area contributed by atoms with Crippen molar-refractivity contribution < 1.29 is 0 Å². The second kappa shape index (κ2) is 4.48. The summed E-state index contributed by atoms with van der Waals surface area (Å²) in [5.74, 6) is 2.13. The smallest absolute Gasteiger partial charge is 0.124 e. The maximum Gasteiger partial charge on any atom is 0.124 e. The van der Waals surface area contributed by atoms with Crippen LogP contribution in [0.1, 0.15) is 44.2 Å². The Labute approximate surface area is 97.2 Å². The van der Waals surface area contributed by atoms with Gasteiger partial charge in [0.05, 0.1) is 5.69 Å². The Morgan fingerprint density at radius 3 is 2.94 bits per heavy atom. The van der Waals surface area contributed by atoms with E-state index in [-0.39, 0.29) is 0 Å². The Morgan fingerprint density at radius 1 is 1.25 bits per heavy atom. The highest BCUT2D eigenvalue weighted by atomic mass is 15.3. The van der Waals surface area contributed by atoms with Gasteiger partial charge in [0.1, 0.15) is 5.82 Å². The molecule has 1 aliphatic heterocycles. The molecule has 16 heavy (non-hydrogen) atoms. The molecule has 1 fully saturated rings. The van der Waals surface area contributed by atoms with Crippen LogP contribution in [-0.4, -0.2) is 16.3 Å². The predicted octanol–water partition coefficient (Wildman–Crippen LogP) is 2.82. The lowest BCUT2D eigenvalue weighted by Crippen LogP contribution is -2.17. The summed E-state index contributed by atoms with van der Waals surface area (Å²) in [6, 6.07) is 2.26. The van der Waals surface area contributed by atoms with Gasteiger partial charge in [-0.05, 0) is 18.8 Å². The second-order valence-electron chi connectivity index (χ2n) is 5.23. The highest BCUT2D eigenvalue weighted by Gasteiger charge is 2.17. The largest absolute Gasteiger partial charge is 0.370 e. The summed E-state index contributed by atoms with van der Waals surface area (Å²) < 4.78 is 2.14. The van der Waals surface area contributed by atoms with Crippen LogP contribution in [0.15, 0.2) is 6.07 Å². The van der Waals surface area contributed by atoms with Gasteiger partial charge in [0.15, 0.2) is 0 Å². The van der Waals surface area contributed by atoms with Crippen LogP contribution in [0.5, 0.6) is 0 Å². The fourth-order valence-electron chi connectivity index (χ4n) is 3.01. The molecule has 1 saturated carbocycles. The minimum Gasteiger partial charge on any atom is -0.370 e. The molecule has 2 aliphatic rings. The van der Waals surface area contributed by atoms with E-state index in [0.29, 0.717) is 0 Å². The van der Waals surface area contributed by atoms with Crippen molar-refractivity contribution >= 4 is 5.82 Å². The quantitative estimate of drug-likeness (QED) is 0.829. The van der Waals surface area contributed by atoms with Crippen molar-refractivity contribution in [1.82, 2.24) is 9.78 Å². The van der Waals surface area contributed by atoms with Gasteiger partial charge in [0.2, 0.25) is 0 Å². The highest BCUT2D eigenvalue weighted by molar-refractivity contribution is 5.38. The molecule has 0 saturated heterocycles. The standard InChI is InChI=1S/C13H21N3/c1-2-5-11(6-3-1)9-12-10-13-14-7-4-8-16(13)15-12/h10-11,14H,1-9H2. The third-order valence-electron chi connectivity index (χ3n) is 3.91. The monoisotopic (exact) mass is 219 g/mol. The first-order valence-corrected chi connectivity index (χ1v) is 6.72. The molecular formula is C13H21N3. The topological polar surface area (TPSA) is 29.9 Å². The summed E-state index contributed by atoms with van der Waals surface area (Å²) in [4.78, 5) is 0. The average molecular weight is 219 g/mol. The number of nitrogens with zero attached hydrogens (tertiary/aromatic N) is 2. The van der Waals surface area contributed by atoms with Crippen LogP contribution < -0.4 is 5.32 Å². The molecular weight excluding hydrogens is 198 g/mol. The molecule has 2 heterocycles. The van der Waals surface area contributed by atoms with Gasteiger partial charge in [-0.3, -0.25) is 0 Å². The Hall–Kier alpha value is -0.990. The van der Waals surface area contributed by atoms with E-state index < -0.39 is 0 Å². The van der Waals surface area contributed by atoms with E-state index in [9.17, 15) is 0 Å². The summed E-state index contributed by atoms with van der Waals surface area (Å²) in [6.07, 6.45) is 9.52. The summed E-state index contributed by atoms with van der Waals surface area (Å²) >= 11 is 0. The first-order valence-electron chi connectivity index (χ1n) is 6.72. The van der Waals surface area contributed by atoms with E-state index in [4.69, 9.17) is 5.10 Å². The lowest BCUT2D eigenvalue weighted by atomic mass is 9.86. The van der Waals surface area contributed by atoms with Crippen LogP contribution in [-0.2, 0) is 13.0 Å². The number of anilines is 1. The van der Waals surface area contributed by atoms with E-state index in [0.717, 1.165) is 19.0 Å². The van der Waals surface area contributed by atoms with Gasteiger partial charge in [-0.25, -0.2) is 4.68 Å². The molecule has 1 N–H and O–H groups in total. The summed E-state index contributed by atoms with van der Waals surface area (Å²) in [7, 11) is 0. The van der Waals surface area contributed by atoms with Crippen molar-refractivity contribution in [3.63, 3.8) is 0 Å². The zero-order valence-electron chi connectivity index (χ0n) is 9.91. The fraction of sp³-hybridized carbons (Fsp3) is 0.769. The molecule has 1 aliphatic carbocycles. The molecule has 3 rings (SSSR count). The Bertz CT molecular complexity index is 327. The van der Waals surface area contributed by atoms with Crippen LogP contribution >= 0.6 is 0 Å². The highest BCUT2D eigenvalue weighted by Crippen LogP contribution is 2.27. The molecule has 0 radical (unpaired) electrons. The lowest BCUT2D eigenvalue weighted by Gasteiger charge is -2.20. The molecule has 3 heteroatoms. The van der Waals surface area contributed by atoms with Crippen molar-refractivity contribution in [3.8, 4) is 0 Å². The normalized spacial score (nSPS) is 21.5. The number of fused-ring (bicyclic) bond motifs is 1. The molecule has 0 spiro atoms. The number of hydrogen-bond donors (Lipinski definition) is 1. The van der Waals surface area contributed by atoms with Crippen molar-refractivity contribution in [2.24, 2.45) is 5.92 Å². The van der Waals surface area contributed by atoms with Crippen molar-refractivity contribution in [2.75, 3.05) is 11.9 Å². The van der Waals surface area contributed by atoms with Crippen LogP contribution in [0.4, 0.5) is 5.82 Å². The molecule has 1 aromatic heterocycles. The van der Waals surface area contributed by atoms with Gasteiger partial charge in [0, 0.05) is 19.2 Å². The minimum absolute atomic E-state index is 0.894. The fourth-order valence-corrected chi connectivity index (χ4v) is 3.01. The molecule has 0 unspecified atom stereocenters. The van der Waals surface area contributed by atoms with Crippen molar-refractivity contribution in [2.45, 2.75) is 51.5 Å². The van der Waals surface area contributed by atoms with E-state index in [1.54, 1.807) is 0 Å². The summed E-state index contributed by atoms with van der Waals surface area (Å²) in [5.41, 5.74) is 1.30. The van der Waals surface area contributed by atoms with E-state index in [1.807, 2.05) is 0 Å². The van der Waals surface area contributed by atoms with E-state index >= 15 is 0 Å². The molecule has 0 aromatic carbocycles. The Kier molecular flexibility index (Phi) is 2.85. The Balaban J connectivity index is 1.67. The average Bonchev–Trinajstić information content (AvgIpc) is 2.72.